The van der Waals surface area contributed by atoms with Crippen LogP contribution in [0.2, 0.25) is 0 Å². The van der Waals surface area contributed by atoms with Crippen LogP contribution < -0.4 is 0 Å². The lowest BCUT2D eigenvalue weighted by Gasteiger charge is -2.28. The van der Waals surface area contributed by atoms with E-state index in [0.29, 0.717) is 5.92 Å². The summed E-state index contributed by atoms with van der Waals surface area (Å²) in [5.74, 6) is 0.390. The average Bonchev–Trinajstić information content (AvgIpc) is 2.79. The Labute approximate surface area is 115 Å². The van der Waals surface area contributed by atoms with E-state index in [-0.39, 0.29) is 12.6 Å². The number of aliphatic hydroxyl groups is 2. The van der Waals surface area contributed by atoms with Gasteiger partial charge in [0.25, 0.3) is 0 Å². The number of nitrogens with zero attached hydrogens (tertiary/aromatic N) is 1. The molecule has 0 aliphatic carbocycles. The van der Waals surface area contributed by atoms with Crippen molar-refractivity contribution >= 4 is 0 Å². The number of benzene rings is 1. The van der Waals surface area contributed by atoms with Crippen molar-refractivity contribution in [2.45, 2.75) is 32.0 Å². The van der Waals surface area contributed by atoms with Crippen LogP contribution in [0.3, 0.4) is 0 Å². The second kappa shape index (κ2) is 6.33. The highest BCUT2D eigenvalue weighted by atomic mass is 16.3. The summed E-state index contributed by atoms with van der Waals surface area (Å²) in [6.45, 7) is 6.87. The van der Waals surface area contributed by atoms with Crippen molar-refractivity contribution in [3.8, 4) is 0 Å². The van der Waals surface area contributed by atoms with Gasteiger partial charge in [-0.05, 0) is 31.2 Å². The Hall–Kier alpha value is -1.16. The summed E-state index contributed by atoms with van der Waals surface area (Å²) in [6.07, 6.45) is 1.16. The molecule has 0 radical (unpaired) electrons. The molecule has 1 heterocycles. The number of rotatable bonds is 5. The van der Waals surface area contributed by atoms with Gasteiger partial charge in [0, 0.05) is 12.6 Å². The second-order valence-corrected chi connectivity index (χ2v) is 5.48. The van der Waals surface area contributed by atoms with Crippen LogP contribution in [0.15, 0.2) is 42.5 Å². The van der Waals surface area contributed by atoms with Gasteiger partial charge in [-0.3, -0.25) is 4.90 Å². The SMILES string of the molecule is C=C(CO)C[C@@H]1CC(O)N([C@H](C)c2ccccc2)C1. The van der Waals surface area contributed by atoms with Gasteiger partial charge in [0.2, 0.25) is 0 Å². The Morgan fingerprint density at radius 2 is 2.11 bits per heavy atom. The molecule has 0 spiro atoms. The average molecular weight is 261 g/mol. The smallest absolute Gasteiger partial charge is 0.108 e. The monoisotopic (exact) mass is 261 g/mol. The molecule has 0 bridgehead atoms. The first-order chi connectivity index (χ1) is 9.11. The molecule has 1 saturated heterocycles. The van der Waals surface area contributed by atoms with E-state index in [2.05, 4.69) is 30.5 Å². The van der Waals surface area contributed by atoms with Crippen LogP contribution in [0.25, 0.3) is 0 Å². The van der Waals surface area contributed by atoms with Crippen LogP contribution in [-0.2, 0) is 0 Å². The van der Waals surface area contributed by atoms with Gasteiger partial charge in [-0.15, -0.1) is 0 Å². The third-order valence-electron chi connectivity index (χ3n) is 3.98. The zero-order chi connectivity index (χ0) is 13.8. The molecule has 1 fully saturated rings. The van der Waals surface area contributed by atoms with Crippen molar-refractivity contribution in [1.29, 1.82) is 0 Å². The zero-order valence-corrected chi connectivity index (χ0v) is 11.5. The van der Waals surface area contributed by atoms with Crippen LogP contribution in [0, 0.1) is 5.92 Å². The van der Waals surface area contributed by atoms with E-state index in [1.165, 1.54) is 5.56 Å². The maximum absolute atomic E-state index is 10.2. The highest BCUT2D eigenvalue weighted by Crippen LogP contribution is 2.33. The molecule has 1 aliphatic rings. The minimum atomic E-state index is -0.397. The predicted molar refractivity (Wildman–Crippen MR) is 76.5 cm³/mol. The van der Waals surface area contributed by atoms with Crippen molar-refractivity contribution in [3.05, 3.63) is 48.0 Å². The molecule has 2 N–H and O–H groups in total. The molecular formula is C16H23NO2. The summed E-state index contributed by atoms with van der Waals surface area (Å²) in [5.41, 5.74) is 2.08. The molecule has 3 heteroatoms. The summed E-state index contributed by atoms with van der Waals surface area (Å²) in [5, 5.41) is 19.2. The van der Waals surface area contributed by atoms with Crippen LogP contribution in [0.1, 0.15) is 31.4 Å². The van der Waals surface area contributed by atoms with E-state index < -0.39 is 6.23 Å². The minimum Gasteiger partial charge on any atom is -0.392 e. The molecule has 19 heavy (non-hydrogen) atoms. The molecule has 1 aromatic rings. The molecule has 0 amide bonds. The Bertz CT molecular complexity index is 418. The second-order valence-electron chi connectivity index (χ2n) is 5.48. The third-order valence-corrected chi connectivity index (χ3v) is 3.98. The number of aliphatic hydroxyl groups excluding tert-OH is 2. The summed E-state index contributed by atoms with van der Waals surface area (Å²) < 4.78 is 0. The fourth-order valence-corrected chi connectivity index (χ4v) is 2.89. The van der Waals surface area contributed by atoms with Crippen molar-refractivity contribution in [3.63, 3.8) is 0 Å². The van der Waals surface area contributed by atoms with Crippen LogP contribution in [0.5, 0.6) is 0 Å². The molecule has 1 aromatic carbocycles. The van der Waals surface area contributed by atoms with Gasteiger partial charge in [0.05, 0.1) is 6.61 Å². The van der Waals surface area contributed by atoms with Crippen molar-refractivity contribution in [1.82, 2.24) is 4.90 Å². The lowest BCUT2D eigenvalue weighted by Crippen LogP contribution is -2.32. The summed E-state index contributed by atoms with van der Waals surface area (Å²) in [6, 6.07) is 10.5. The minimum absolute atomic E-state index is 0.0425. The maximum Gasteiger partial charge on any atom is 0.108 e. The van der Waals surface area contributed by atoms with Gasteiger partial charge in [0.1, 0.15) is 6.23 Å². The molecule has 3 nitrogen and oxygen atoms in total. The van der Waals surface area contributed by atoms with Gasteiger partial charge in [-0.1, -0.05) is 42.5 Å². The molecule has 1 aliphatic heterocycles. The molecule has 104 valence electrons. The summed E-state index contributed by atoms with van der Waals surface area (Å²) in [4.78, 5) is 2.13. The fraction of sp³-hybridized carbons (Fsp3) is 0.500. The van der Waals surface area contributed by atoms with Crippen LogP contribution in [-0.4, -0.2) is 34.5 Å². The molecule has 0 aromatic heterocycles. The number of hydrogen-bond acceptors (Lipinski definition) is 3. The molecular weight excluding hydrogens is 238 g/mol. The lowest BCUT2D eigenvalue weighted by molar-refractivity contribution is 0.0127. The highest BCUT2D eigenvalue weighted by Gasteiger charge is 2.33. The number of hydrogen-bond donors (Lipinski definition) is 2. The van der Waals surface area contributed by atoms with Gasteiger partial charge in [0.15, 0.2) is 0 Å². The topological polar surface area (TPSA) is 43.7 Å². The first-order valence-corrected chi connectivity index (χ1v) is 6.88. The quantitative estimate of drug-likeness (QED) is 0.800. The standard InChI is InChI=1S/C16H23NO2/c1-12(11-18)8-14-9-16(19)17(10-14)13(2)15-6-4-3-5-7-15/h3-7,13-14,16,18-19H,1,8-11H2,2H3/t13-,14-,16?/m1/s1. The van der Waals surface area contributed by atoms with Crippen LogP contribution in [0.4, 0.5) is 0 Å². The Morgan fingerprint density at radius 1 is 1.42 bits per heavy atom. The zero-order valence-electron chi connectivity index (χ0n) is 11.5. The normalized spacial score (nSPS) is 25.4. The van der Waals surface area contributed by atoms with E-state index >= 15 is 0 Å². The Balaban J connectivity index is 2.00. The first kappa shape index (κ1) is 14.3. The highest BCUT2D eigenvalue weighted by molar-refractivity contribution is 5.18. The molecule has 0 saturated carbocycles. The lowest BCUT2D eigenvalue weighted by atomic mass is 9.99. The molecule has 2 rings (SSSR count). The van der Waals surface area contributed by atoms with Gasteiger partial charge in [-0.2, -0.15) is 0 Å². The van der Waals surface area contributed by atoms with E-state index in [9.17, 15) is 5.11 Å². The fourth-order valence-electron chi connectivity index (χ4n) is 2.89. The Kier molecular flexibility index (Phi) is 4.75. The summed E-state index contributed by atoms with van der Waals surface area (Å²) in [7, 11) is 0. The maximum atomic E-state index is 10.2. The predicted octanol–water partition coefficient (Wildman–Crippen LogP) is 2.33. The van der Waals surface area contributed by atoms with Gasteiger partial charge in [-0.25, -0.2) is 0 Å². The molecule has 1 unspecified atom stereocenters. The summed E-state index contributed by atoms with van der Waals surface area (Å²) >= 11 is 0. The third kappa shape index (κ3) is 3.44. The number of likely N-dealkylation sites (tertiary alicyclic amines) is 1. The first-order valence-electron chi connectivity index (χ1n) is 6.88. The van der Waals surface area contributed by atoms with Crippen molar-refractivity contribution < 1.29 is 10.2 Å². The van der Waals surface area contributed by atoms with E-state index in [4.69, 9.17) is 5.11 Å². The van der Waals surface area contributed by atoms with E-state index in [1.54, 1.807) is 0 Å². The van der Waals surface area contributed by atoms with Gasteiger partial charge < -0.3 is 10.2 Å². The van der Waals surface area contributed by atoms with Crippen molar-refractivity contribution in [2.24, 2.45) is 5.92 Å². The Morgan fingerprint density at radius 3 is 2.74 bits per heavy atom. The van der Waals surface area contributed by atoms with E-state index in [1.807, 2.05) is 18.2 Å². The van der Waals surface area contributed by atoms with Crippen molar-refractivity contribution in [2.75, 3.05) is 13.2 Å². The molecule has 3 atom stereocenters. The van der Waals surface area contributed by atoms with E-state index in [0.717, 1.165) is 25.0 Å². The largest absolute Gasteiger partial charge is 0.392 e. The van der Waals surface area contributed by atoms with Crippen LogP contribution >= 0.6 is 0 Å². The van der Waals surface area contributed by atoms with Gasteiger partial charge >= 0.3 is 0 Å².